The Morgan fingerprint density at radius 3 is 2.48 bits per heavy atom. The summed E-state index contributed by atoms with van der Waals surface area (Å²) in [5, 5.41) is 14.2. The van der Waals surface area contributed by atoms with Crippen molar-refractivity contribution in [3.8, 4) is 0 Å². The van der Waals surface area contributed by atoms with E-state index in [0.717, 1.165) is 11.3 Å². The Bertz CT molecular complexity index is 654. The minimum absolute atomic E-state index is 0.00924. The quantitative estimate of drug-likeness (QED) is 0.684. The molecule has 0 saturated carbocycles. The molecule has 1 N–H and O–H groups in total. The molecular formula is C15H14N2O4. The molecule has 108 valence electrons. The first kappa shape index (κ1) is 13.5. The second-order valence-corrected chi connectivity index (χ2v) is 4.70. The Morgan fingerprint density at radius 1 is 1.14 bits per heavy atom. The first-order valence-corrected chi connectivity index (χ1v) is 6.55. The number of nitrogens with one attached hydrogen (secondary N) is 1. The normalized spacial score (nSPS) is 20.6. The van der Waals surface area contributed by atoms with Gasteiger partial charge < -0.3 is 14.8 Å². The van der Waals surface area contributed by atoms with Gasteiger partial charge in [-0.3, -0.25) is 10.1 Å². The van der Waals surface area contributed by atoms with Crippen LogP contribution in [0, 0.1) is 10.1 Å². The highest BCUT2D eigenvalue weighted by Gasteiger charge is 2.29. The fourth-order valence-electron chi connectivity index (χ4n) is 2.15. The van der Waals surface area contributed by atoms with Crippen LogP contribution in [0.1, 0.15) is 18.8 Å². The summed E-state index contributed by atoms with van der Waals surface area (Å²) in [5.74, 6) is 0. The van der Waals surface area contributed by atoms with E-state index in [1.165, 1.54) is 6.07 Å². The van der Waals surface area contributed by atoms with Gasteiger partial charge in [-0.2, -0.15) is 0 Å². The van der Waals surface area contributed by atoms with Gasteiger partial charge in [0, 0.05) is 17.3 Å². The van der Waals surface area contributed by atoms with Gasteiger partial charge in [-0.15, -0.1) is 0 Å². The fourth-order valence-corrected chi connectivity index (χ4v) is 2.15. The third-order valence-corrected chi connectivity index (χ3v) is 3.17. The summed E-state index contributed by atoms with van der Waals surface area (Å²) in [4.78, 5) is 10.7. The predicted molar refractivity (Wildman–Crippen MR) is 77.2 cm³/mol. The molecule has 3 rings (SSSR count). The van der Waals surface area contributed by atoms with Crippen LogP contribution in [0.4, 0.5) is 17.1 Å². The fraction of sp³-hybridized carbons (Fsp3) is 0.200. The van der Waals surface area contributed by atoms with Crippen molar-refractivity contribution >= 4 is 17.1 Å². The highest BCUT2D eigenvalue weighted by atomic mass is 16.9. The number of hydrogen-bond acceptors (Lipinski definition) is 5. The average Bonchev–Trinajstić information content (AvgIpc) is 2.45. The number of para-hydroxylation sites is 1. The van der Waals surface area contributed by atoms with Crippen molar-refractivity contribution in [3.05, 3.63) is 64.2 Å². The number of rotatable bonds is 4. The smallest absolute Gasteiger partial charge is 0.292 e. The van der Waals surface area contributed by atoms with Crippen molar-refractivity contribution in [2.24, 2.45) is 0 Å². The van der Waals surface area contributed by atoms with E-state index in [-0.39, 0.29) is 12.0 Å². The topological polar surface area (TPSA) is 73.6 Å². The Kier molecular flexibility index (Phi) is 3.55. The second-order valence-electron chi connectivity index (χ2n) is 4.70. The van der Waals surface area contributed by atoms with Gasteiger partial charge >= 0.3 is 0 Å². The van der Waals surface area contributed by atoms with Crippen LogP contribution in [0.2, 0.25) is 0 Å². The van der Waals surface area contributed by atoms with Crippen molar-refractivity contribution in [2.75, 3.05) is 5.32 Å². The van der Waals surface area contributed by atoms with Crippen LogP contribution in [-0.4, -0.2) is 11.2 Å². The highest BCUT2D eigenvalue weighted by molar-refractivity contribution is 5.70. The molecule has 21 heavy (non-hydrogen) atoms. The van der Waals surface area contributed by atoms with Crippen LogP contribution in [0.15, 0.2) is 48.5 Å². The van der Waals surface area contributed by atoms with Gasteiger partial charge in [0.2, 0.25) is 0 Å². The Morgan fingerprint density at radius 2 is 1.86 bits per heavy atom. The summed E-state index contributed by atoms with van der Waals surface area (Å²) in [5.41, 5.74) is 1.95. The zero-order chi connectivity index (χ0) is 14.8. The molecule has 0 atom stereocenters. The van der Waals surface area contributed by atoms with E-state index in [4.69, 9.17) is 9.47 Å². The number of ether oxygens (including phenoxy) is 2. The van der Waals surface area contributed by atoms with Crippen molar-refractivity contribution in [1.82, 2.24) is 0 Å². The number of anilines is 2. The van der Waals surface area contributed by atoms with Gasteiger partial charge in [-0.1, -0.05) is 18.2 Å². The number of nitro groups is 1. The molecule has 0 spiro atoms. The second kappa shape index (κ2) is 5.51. The standard InChI is InChI=1S/C15H14N2O4/c1-10-20-15(21-10)11-7-8-14(17(18)19)13(9-11)16-12-5-3-2-4-6-12/h2-10,15-16H,1H3. The molecule has 1 aliphatic rings. The van der Waals surface area contributed by atoms with E-state index in [0.29, 0.717) is 5.69 Å². The minimum atomic E-state index is -0.461. The van der Waals surface area contributed by atoms with E-state index >= 15 is 0 Å². The Hall–Kier alpha value is -2.44. The highest BCUT2D eigenvalue weighted by Crippen LogP contribution is 2.36. The number of hydrogen-bond donors (Lipinski definition) is 1. The monoisotopic (exact) mass is 286 g/mol. The third kappa shape index (κ3) is 2.86. The molecule has 6 nitrogen and oxygen atoms in total. The Balaban J connectivity index is 1.91. The first-order chi connectivity index (χ1) is 10.1. The van der Waals surface area contributed by atoms with E-state index in [1.807, 2.05) is 30.3 Å². The number of nitro benzene ring substituents is 1. The Labute approximate surface area is 121 Å². The van der Waals surface area contributed by atoms with E-state index in [1.54, 1.807) is 19.1 Å². The van der Waals surface area contributed by atoms with Crippen LogP contribution in [0.5, 0.6) is 0 Å². The van der Waals surface area contributed by atoms with E-state index < -0.39 is 11.2 Å². The molecule has 1 saturated heterocycles. The lowest BCUT2D eigenvalue weighted by molar-refractivity contribution is -0.385. The third-order valence-electron chi connectivity index (χ3n) is 3.17. The van der Waals surface area contributed by atoms with Gasteiger partial charge in [-0.05, 0) is 31.2 Å². The van der Waals surface area contributed by atoms with Gasteiger partial charge in [0.25, 0.3) is 5.69 Å². The lowest BCUT2D eigenvalue weighted by atomic mass is 10.1. The summed E-state index contributed by atoms with van der Waals surface area (Å²) in [6.45, 7) is 1.80. The molecule has 2 aromatic carbocycles. The molecule has 0 bridgehead atoms. The largest absolute Gasteiger partial charge is 0.350 e. The van der Waals surface area contributed by atoms with Crippen molar-refractivity contribution in [1.29, 1.82) is 0 Å². The molecule has 1 aliphatic heterocycles. The van der Waals surface area contributed by atoms with Crippen molar-refractivity contribution in [3.63, 3.8) is 0 Å². The van der Waals surface area contributed by atoms with E-state index in [2.05, 4.69) is 5.32 Å². The molecule has 0 radical (unpaired) electrons. The molecular weight excluding hydrogens is 272 g/mol. The lowest BCUT2D eigenvalue weighted by Crippen LogP contribution is -2.31. The molecule has 1 heterocycles. The molecule has 0 aromatic heterocycles. The van der Waals surface area contributed by atoms with Crippen LogP contribution in [0.25, 0.3) is 0 Å². The molecule has 0 unspecified atom stereocenters. The first-order valence-electron chi connectivity index (χ1n) is 6.55. The summed E-state index contributed by atoms with van der Waals surface area (Å²) in [6.07, 6.45) is -0.701. The minimum Gasteiger partial charge on any atom is -0.350 e. The predicted octanol–water partition coefficient (Wildman–Crippen LogP) is 3.73. The summed E-state index contributed by atoms with van der Waals surface area (Å²) in [6, 6.07) is 14.1. The van der Waals surface area contributed by atoms with Crippen molar-refractivity contribution in [2.45, 2.75) is 19.5 Å². The molecule has 0 amide bonds. The number of nitrogens with zero attached hydrogens (tertiary/aromatic N) is 1. The average molecular weight is 286 g/mol. The van der Waals surface area contributed by atoms with Crippen LogP contribution in [0.3, 0.4) is 0 Å². The maximum atomic E-state index is 11.1. The van der Waals surface area contributed by atoms with Gasteiger partial charge in [0.15, 0.2) is 12.6 Å². The van der Waals surface area contributed by atoms with Gasteiger partial charge in [0.05, 0.1) is 4.92 Å². The van der Waals surface area contributed by atoms with Crippen LogP contribution >= 0.6 is 0 Å². The summed E-state index contributed by atoms with van der Waals surface area (Å²) in [7, 11) is 0. The maximum absolute atomic E-state index is 11.1. The molecule has 6 heteroatoms. The van der Waals surface area contributed by atoms with Gasteiger partial charge in [0.1, 0.15) is 5.69 Å². The van der Waals surface area contributed by atoms with Crippen LogP contribution < -0.4 is 5.32 Å². The van der Waals surface area contributed by atoms with Gasteiger partial charge in [-0.25, -0.2) is 0 Å². The zero-order valence-corrected chi connectivity index (χ0v) is 11.4. The summed E-state index contributed by atoms with van der Waals surface area (Å²) < 4.78 is 10.8. The maximum Gasteiger partial charge on any atom is 0.292 e. The lowest BCUT2D eigenvalue weighted by Gasteiger charge is -2.34. The molecule has 0 aliphatic carbocycles. The summed E-state index contributed by atoms with van der Waals surface area (Å²) >= 11 is 0. The van der Waals surface area contributed by atoms with Crippen LogP contribution in [-0.2, 0) is 9.47 Å². The van der Waals surface area contributed by atoms with E-state index in [9.17, 15) is 10.1 Å². The number of benzene rings is 2. The molecule has 2 aromatic rings. The molecule has 1 fully saturated rings. The SMILES string of the molecule is CC1OC(c2ccc([N+](=O)[O-])c(Nc3ccccc3)c2)O1. The zero-order valence-electron chi connectivity index (χ0n) is 11.4. The van der Waals surface area contributed by atoms with Crippen molar-refractivity contribution < 1.29 is 14.4 Å².